The molecule has 16 rings (SSSR count). The second kappa shape index (κ2) is 34.8. The fourth-order valence-corrected chi connectivity index (χ4v) is 23.9. The van der Waals surface area contributed by atoms with Crippen molar-refractivity contribution in [2.24, 2.45) is 0 Å². The molecule has 4 atom stereocenters. The quantitative estimate of drug-likeness (QED) is 0.0429. The highest BCUT2D eigenvalue weighted by molar-refractivity contribution is 5.89. The molecule has 108 heavy (non-hydrogen) atoms. The van der Waals surface area contributed by atoms with Gasteiger partial charge in [-0.2, -0.15) is 0 Å². The van der Waals surface area contributed by atoms with Crippen LogP contribution in [-0.2, 0) is 47.3 Å². The maximum Gasteiger partial charge on any atom is 0.0218 e. The van der Waals surface area contributed by atoms with Crippen molar-refractivity contribution < 1.29 is 0 Å². The van der Waals surface area contributed by atoms with E-state index in [4.69, 9.17) is 0 Å². The van der Waals surface area contributed by atoms with Gasteiger partial charge in [-0.05, 0) is 347 Å². The third-order valence-electron chi connectivity index (χ3n) is 29.4. The lowest BCUT2D eigenvalue weighted by Gasteiger charge is -2.38. The summed E-state index contributed by atoms with van der Waals surface area (Å²) >= 11 is 0. The Kier molecular flexibility index (Phi) is 25.7. The van der Waals surface area contributed by atoms with Crippen molar-refractivity contribution in [3.63, 3.8) is 0 Å². The van der Waals surface area contributed by atoms with E-state index in [0.29, 0.717) is 21.7 Å². The van der Waals surface area contributed by atoms with Crippen molar-refractivity contribution >= 4 is 0 Å². The molecule has 8 aromatic rings. The number of rotatable bonds is 28. The van der Waals surface area contributed by atoms with Crippen LogP contribution in [0.3, 0.4) is 0 Å². The summed E-state index contributed by atoms with van der Waals surface area (Å²) in [5.74, 6) is 0. The molecule has 0 nitrogen and oxygen atoms in total. The van der Waals surface area contributed by atoms with Crippen LogP contribution in [0.25, 0.3) is 44.5 Å². The average Bonchev–Trinajstić information content (AvgIpc) is 1.56. The molecule has 0 spiro atoms. The second-order valence-corrected chi connectivity index (χ2v) is 36.9. The van der Waals surface area contributed by atoms with Crippen molar-refractivity contribution in [1.82, 2.24) is 0 Å². The number of benzene rings is 8. The predicted molar refractivity (Wildman–Crippen MR) is 471 cm³/mol. The number of hydrogen-bond donors (Lipinski definition) is 0. The van der Waals surface area contributed by atoms with Gasteiger partial charge in [-0.3, -0.25) is 0 Å². The molecule has 8 aromatic carbocycles. The summed E-state index contributed by atoms with van der Waals surface area (Å²) in [7, 11) is 0. The number of fused-ring (bicyclic) bond motifs is 12. The van der Waals surface area contributed by atoms with Crippen molar-refractivity contribution in [2.45, 2.75) is 389 Å². The first-order valence-electron chi connectivity index (χ1n) is 45.3. The van der Waals surface area contributed by atoms with Gasteiger partial charge in [0.05, 0.1) is 0 Å². The fraction of sp³-hybridized carbons (Fsp3) is 0.556. The van der Waals surface area contributed by atoms with Gasteiger partial charge in [0.25, 0.3) is 0 Å². The first kappa shape index (κ1) is 79.8. The largest absolute Gasteiger partial charge is 0.0654 e. The Morgan fingerprint density at radius 1 is 0.231 bits per heavy atom. The van der Waals surface area contributed by atoms with E-state index >= 15 is 0 Å². The molecule has 0 aromatic heterocycles. The standard InChI is InChI=1S/4C27H36/c1-5-6-7-8-9-10-15-27-16-11-12-22-20(3)13-14-23(26(22)27)25-21(4)17-19(2)18-24(25)27;1-5-6-7-8-9-10-15-27-16-11-12-22-19(2)13-14-23(26(22)27)24-17-20(3)21(4)18-25(24)27;1-5-6-7-8-9-10-15-27-16-11-12-22-21(4)20(3)18-24(26(22)27)23-14-13-19(2)17-25(23)27;1-5-6-7-8-9-10-15-27-16-11-12-22-20(3)18-21(4)25(26(22)27)23-14-13-19(2)17-24(23)27/h4*13-14,17-18H,5-12,15-16H2,1-4H3. The Labute approximate surface area is 660 Å². The molecule has 0 heteroatoms. The van der Waals surface area contributed by atoms with Crippen LogP contribution >= 0.6 is 0 Å². The smallest absolute Gasteiger partial charge is 0.0218 e. The molecule has 0 saturated carbocycles. The van der Waals surface area contributed by atoms with Crippen molar-refractivity contribution in [3.05, 3.63) is 231 Å². The van der Waals surface area contributed by atoms with Gasteiger partial charge in [0.1, 0.15) is 0 Å². The molecule has 0 bridgehead atoms. The number of unbranched alkanes of at least 4 members (excludes halogenated alkanes) is 20. The summed E-state index contributed by atoms with van der Waals surface area (Å²) in [6.45, 7) is 37.0. The van der Waals surface area contributed by atoms with Crippen molar-refractivity contribution in [1.29, 1.82) is 0 Å². The zero-order valence-corrected chi connectivity index (χ0v) is 71.5. The minimum Gasteiger partial charge on any atom is -0.0654 e. The van der Waals surface area contributed by atoms with Crippen LogP contribution in [0.4, 0.5) is 0 Å². The highest BCUT2D eigenvalue weighted by Crippen LogP contribution is 2.63. The molecule has 0 amide bonds. The Bertz CT molecular complexity index is 4480. The molecule has 0 N–H and O–H groups in total. The predicted octanol–water partition coefficient (Wildman–Crippen LogP) is 31.9. The molecular weight excluding hydrogens is 1300 g/mol. The molecule has 0 fully saturated rings. The van der Waals surface area contributed by atoms with Gasteiger partial charge in [0.2, 0.25) is 0 Å². The molecule has 0 aliphatic heterocycles. The summed E-state index contributed by atoms with van der Waals surface area (Å²) in [6.07, 6.45) is 54.7. The molecule has 576 valence electrons. The first-order valence-corrected chi connectivity index (χ1v) is 45.3. The summed E-state index contributed by atoms with van der Waals surface area (Å²) in [4.78, 5) is 0. The van der Waals surface area contributed by atoms with Gasteiger partial charge in [-0.1, -0.05) is 296 Å². The average molecular weight is 1440 g/mol. The van der Waals surface area contributed by atoms with Crippen LogP contribution in [0.2, 0.25) is 0 Å². The van der Waals surface area contributed by atoms with Crippen LogP contribution in [0.1, 0.15) is 392 Å². The van der Waals surface area contributed by atoms with Crippen molar-refractivity contribution in [2.75, 3.05) is 0 Å². The lowest BCUT2D eigenvalue weighted by Crippen LogP contribution is -2.30. The van der Waals surface area contributed by atoms with Gasteiger partial charge in [-0.25, -0.2) is 0 Å². The topological polar surface area (TPSA) is 0 Å². The van der Waals surface area contributed by atoms with E-state index < -0.39 is 0 Å². The van der Waals surface area contributed by atoms with E-state index in [-0.39, 0.29) is 0 Å². The summed E-state index contributed by atoms with van der Waals surface area (Å²) in [5, 5.41) is 0. The van der Waals surface area contributed by atoms with Gasteiger partial charge >= 0.3 is 0 Å². The molecule has 0 heterocycles. The molecular formula is C108H144. The van der Waals surface area contributed by atoms with Crippen LogP contribution in [0, 0.1) is 83.1 Å². The number of hydrogen-bond acceptors (Lipinski definition) is 0. The summed E-state index contributed by atoms with van der Waals surface area (Å²) < 4.78 is 0. The van der Waals surface area contributed by atoms with E-state index in [1.54, 1.807) is 111 Å². The van der Waals surface area contributed by atoms with Crippen LogP contribution in [-0.4, -0.2) is 0 Å². The second-order valence-electron chi connectivity index (χ2n) is 36.9. The summed E-state index contributed by atoms with van der Waals surface area (Å²) in [5.41, 5.74) is 51.7. The van der Waals surface area contributed by atoms with Gasteiger partial charge in [0, 0.05) is 21.7 Å². The van der Waals surface area contributed by atoms with Crippen molar-refractivity contribution in [3.8, 4) is 44.5 Å². The van der Waals surface area contributed by atoms with Crippen LogP contribution < -0.4 is 0 Å². The minimum atomic E-state index is 0.297. The van der Waals surface area contributed by atoms with Gasteiger partial charge in [0.15, 0.2) is 0 Å². The SMILES string of the molecule is CCCCCCCCC12CCCc3c(C)c(C)cc(c31)-c1ccc(C)cc12.CCCCCCCCC12CCCc3c(C)cc(C)c(c31)-c1ccc(C)cc12.CCCCCCCCC12CCCc3c(C)ccc(c31)-c1c(C)cc(C)cc12.CCCCCCCCC12CCCc3c(C)ccc(c31)-c1cc(C)c(C)cc12. The lowest BCUT2D eigenvalue weighted by atomic mass is 9.65. The normalized spacial score (nSPS) is 19.9. The maximum atomic E-state index is 2.55. The van der Waals surface area contributed by atoms with E-state index in [2.05, 4.69) is 208 Å². The van der Waals surface area contributed by atoms with E-state index in [1.165, 1.54) is 324 Å². The molecule has 0 saturated heterocycles. The third kappa shape index (κ3) is 15.1. The fourth-order valence-electron chi connectivity index (χ4n) is 23.9. The Balaban J connectivity index is 0.000000127. The van der Waals surface area contributed by atoms with E-state index in [9.17, 15) is 0 Å². The van der Waals surface area contributed by atoms with E-state index in [0.717, 1.165) is 0 Å². The van der Waals surface area contributed by atoms with Crippen LogP contribution in [0.5, 0.6) is 0 Å². The van der Waals surface area contributed by atoms with Gasteiger partial charge < -0.3 is 0 Å². The highest BCUT2D eigenvalue weighted by atomic mass is 14.5. The zero-order chi connectivity index (χ0) is 76.1. The van der Waals surface area contributed by atoms with Gasteiger partial charge in [-0.15, -0.1) is 0 Å². The molecule has 8 aliphatic rings. The Morgan fingerprint density at radius 2 is 0.593 bits per heavy atom. The Hall–Kier alpha value is -6.24. The molecule has 4 unspecified atom stereocenters. The third-order valence-corrected chi connectivity index (χ3v) is 29.4. The minimum absolute atomic E-state index is 0.297. The molecule has 0 radical (unpaired) electrons. The molecule has 8 aliphatic carbocycles. The summed E-state index contributed by atoms with van der Waals surface area (Å²) in [6, 6.07) is 39.0. The zero-order valence-electron chi connectivity index (χ0n) is 71.5. The number of aryl methyl sites for hydroxylation is 11. The van der Waals surface area contributed by atoms with Crippen LogP contribution in [0.15, 0.2) is 97.1 Å². The lowest BCUT2D eigenvalue weighted by molar-refractivity contribution is 0.387. The Morgan fingerprint density at radius 3 is 1.10 bits per heavy atom. The maximum absolute atomic E-state index is 2.55. The first-order chi connectivity index (χ1) is 52.3. The highest BCUT2D eigenvalue weighted by Gasteiger charge is 2.51. The monoisotopic (exact) mass is 1440 g/mol. The van der Waals surface area contributed by atoms with E-state index in [1.807, 2.05) is 0 Å².